The van der Waals surface area contributed by atoms with E-state index < -0.39 is 6.04 Å². The lowest BCUT2D eigenvalue weighted by Crippen LogP contribution is -2.45. The Kier molecular flexibility index (Phi) is 6.64. The van der Waals surface area contributed by atoms with Crippen molar-refractivity contribution in [2.45, 2.75) is 19.9 Å². The summed E-state index contributed by atoms with van der Waals surface area (Å²) < 4.78 is 4.84. The number of carbonyl (C=O) groups is 2. The molecule has 0 aromatic heterocycles. The van der Waals surface area contributed by atoms with E-state index in [0.717, 1.165) is 5.56 Å². The standard InChI is InChI=1S/C14H22N4O3/c1-9-4-5-12(18-15)11(8-9)14(20)17-10(2)13(19)16-6-7-21-3/h4-5,8,10,18H,6-7,15H2,1-3H3,(H,16,19)(H,17,20). The minimum atomic E-state index is -0.652. The molecule has 0 radical (unpaired) electrons. The molecular formula is C14H22N4O3. The molecule has 0 spiro atoms. The lowest BCUT2D eigenvalue weighted by molar-refractivity contribution is -0.122. The molecule has 0 heterocycles. The number of hydrazine groups is 1. The van der Waals surface area contributed by atoms with E-state index in [0.29, 0.717) is 24.4 Å². The third-order valence-electron chi connectivity index (χ3n) is 2.92. The zero-order valence-electron chi connectivity index (χ0n) is 12.5. The molecule has 5 N–H and O–H groups in total. The molecule has 116 valence electrons. The highest BCUT2D eigenvalue weighted by molar-refractivity contribution is 6.01. The van der Waals surface area contributed by atoms with Gasteiger partial charge < -0.3 is 20.8 Å². The number of ether oxygens (including phenoxy) is 1. The van der Waals surface area contributed by atoms with Crippen LogP contribution in [0.3, 0.4) is 0 Å². The van der Waals surface area contributed by atoms with Gasteiger partial charge in [-0.25, -0.2) is 0 Å². The first-order valence-electron chi connectivity index (χ1n) is 6.64. The van der Waals surface area contributed by atoms with Crippen molar-refractivity contribution in [1.82, 2.24) is 10.6 Å². The number of methoxy groups -OCH3 is 1. The van der Waals surface area contributed by atoms with Crippen LogP contribution < -0.4 is 21.9 Å². The maximum absolute atomic E-state index is 12.2. The van der Waals surface area contributed by atoms with Crippen molar-refractivity contribution in [3.63, 3.8) is 0 Å². The van der Waals surface area contributed by atoms with Gasteiger partial charge in [-0.1, -0.05) is 11.6 Å². The van der Waals surface area contributed by atoms with Crippen LogP contribution in [-0.2, 0) is 9.53 Å². The Bertz CT molecular complexity index is 505. The number of hydrogen-bond donors (Lipinski definition) is 4. The molecule has 7 heteroatoms. The highest BCUT2D eigenvalue weighted by Gasteiger charge is 2.18. The van der Waals surface area contributed by atoms with Crippen LogP contribution in [0.25, 0.3) is 0 Å². The topological polar surface area (TPSA) is 105 Å². The molecule has 0 fully saturated rings. The van der Waals surface area contributed by atoms with Crippen LogP contribution in [0.2, 0.25) is 0 Å². The van der Waals surface area contributed by atoms with Crippen LogP contribution in [0, 0.1) is 6.92 Å². The highest BCUT2D eigenvalue weighted by Crippen LogP contribution is 2.16. The van der Waals surface area contributed by atoms with Crippen molar-refractivity contribution < 1.29 is 14.3 Å². The second kappa shape index (κ2) is 8.23. The quantitative estimate of drug-likeness (QED) is 0.326. The van der Waals surface area contributed by atoms with Crippen LogP contribution in [0.5, 0.6) is 0 Å². The second-order valence-corrected chi connectivity index (χ2v) is 4.67. The molecule has 0 bridgehead atoms. The molecule has 21 heavy (non-hydrogen) atoms. The van der Waals surface area contributed by atoms with Gasteiger partial charge in [0.25, 0.3) is 5.91 Å². The minimum Gasteiger partial charge on any atom is -0.383 e. The van der Waals surface area contributed by atoms with E-state index >= 15 is 0 Å². The van der Waals surface area contributed by atoms with Gasteiger partial charge in [-0.05, 0) is 26.0 Å². The number of amides is 2. The summed E-state index contributed by atoms with van der Waals surface area (Å²) in [5.41, 5.74) is 4.30. The minimum absolute atomic E-state index is 0.268. The van der Waals surface area contributed by atoms with Crippen molar-refractivity contribution in [1.29, 1.82) is 0 Å². The van der Waals surface area contributed by atoms with Crippen LogP contribution >= 0.6 is 0 Å². The molecule has 7 nitrogen and oxygen atoms in total. The van der Waals surface area contributed by atoms with Crippen LogP contribution in [0.15, 0.2) is 18.2 Å². The summed E-state index contributed by atoms with van der Waals surface area (Å²) in [6.07, 6.45) is 0. The molecule has 2 amide bonds. The summed E-state index contributed by atoms with van der Waals surface area (Å²) in [5.74, 6) is 4.76. The first-order chi connectivity index (χ1) is 9.99. The highest BCUT2D eigenvalue weighted by atomic mass is 16.5. The van der Waals surface area contributed by atoms with E-state index in [-0.39, 0.29) is 11.8 Å². The largest absolute Gasteiger partial charge is 0.383 e. The van der Waals surface area contributed by atoms with E-state index in [9.17, 15) is 9.59 Å². The van der Waals surface area contributed by atoms with Crippen LogP contribution in [-0.4, -0.2) is 38.1 Å². The van der Waals surface area contributed by atoms with Gasteiger partial charge in [0.2, 0.25) is 5.91 Å². The Morgan fingerprint density at radius 1 is 1.38 bits per heavy atom. The second-order valence-electron chi connectivity index (χ2n) is 4.67. The molecule has 0 aliphatic rings. The van der Waals surface area contributed by atoms with Gasteiger partial charge in [0.15, 0.2) is 0 Å². The molecule has 1 aromatic carbocycles. The molecular weight excluding hydrogens is 272 g/mol. The SMILES string of the molecule is COCCNC(=O)C(C)NC(=O)c1cc(C)ccc1NN. The fraction of sp³-hybridized carbons (Fsp3) is 0.429. The molecule has 1 aromatic rings. The monoisotopic (exact) mass is 294 g/mol. The van der Waals surface area contributed by atoms with E-state index in [1.54, 1.807) is 26.2 Å². The number of nitrogens with two attached hydrogens (primary N) is 1. The number of carbonyl (C=O) groups excluding carboxylic acids is 2. The predicted octanol–water partition coefficient (Wildman–Crippen LogP) is 0.162. The number of rotatable bonds is 7. The van der Waals surface area contributed by atoms with Gasteiger partial charge in [0.1, 0.15) is 6.04 Å². The average Bonchev–Trinajstić information content (AvgIpc) is 2.47. The number of nitrogens with one attached hydrogen (secondary N) is 3. The fourth-order valence-corrected chi connectivity index (χ4v) is 1.74. The maximum atomic E-state index is 12.2. The molecule has 0 saturated heterocycles. The zero-order valence-corrected chi connectivity index (χ0v) is 12.5. The first kappa shape index (κ1) is 16.9. The number of anilines is 1. The lowest BCUT2D eigenvalue weighted by Gasteiger charge is -2.16. The summed E-state index contributed by atoms with van der Waals surface area (Å²) in [4.78, 5) is 24.0. The predicted molar refractivity (Wildman–Crippen MR) is 80.8 cm³/mol. The van der Waals surface area contributed by atoms with Gasteiger partial charge in [0.05, 0.1) is 17.9 Å². The van der Waals surface area contributed by atoms with E-state index in [1.807, 2.05) is 13.0 Å². The Hall–Kier alpha value is -2.12. The van der Waals surface area contributed by atoms with E-state index in [1.165, 1.54) is 0 Å². The molecule has 1 unspecified atom stereocenters. The summed E-state index contributed by atoms with van der Waals surface area (Å²) in [6, 6.07) is 4.61. The van der Waals surface area contributed by atoms with E-state index in [4.69, 9.17) is 10.6 Å². The lowest BCUT2D eigenvalue weighted by atomic mass is 10.1. The van der Waals surface area contributed by atoms with Crippen molar-refractivity contribution in [2.75, 3.05) is 25.7 Å². The maximum Gasteiger partial charge on any atom is 0.254 e. The Balaban J connectivity index is 2.68. The van der Waals surface area contributed by atoms with Gasteiger partial charge in [0, 0.05) is 13.7 Å². The Labute approximate surface area is 124 Å². The first-order valence-corrected chi connectivity index (χ1v) is 6.64. The van der Waals surface area contributed by atoms with Crippen LogP contribution in [0.4, 0.5) is 5.69 Å². The average molecular weight is 294 g/mol. The Morgan fingerprint density at radius 3 is 2.71 bits per heavy atom. The Morgan fingerprint density at radius 2 is 2.10 bits per heavy atom. The van der Waals surface area contributed by atoms with Crippen molar-refractivity contribution in [3.05, 3.63) is 29.3 Å². The van der Waals surface area contributed by atoms with Crippen molar-refractivity contribution >= 4 is 17.5 Å². The van der Waals surface area contributed by atoms with E-state index in [2.05, 4.69) is 16.1 Å². The van der Waals surface area contributed by atoms with Gasteiger partial charge in [-0.15, -0.1) is 0 Å². The molecule has 1 rings (SSSR count). The van der Waals surface area contributed by atoms with Gasteiger partial charge >= 0.3 is 0 Å². The summed E-state index contributed by atoms with van der Waals surface area (Å²) >= 11 is 0. The molecule has 0 aliphatic carbocycles. The number of aryl methyl sites for hydroxylation is 1. The summed E-state index contributed by atoms with van der Waals surface area (Å²) in [7, 11) is 1.55. The fourth-order valence-electron chi connectivity index (χ4n) is 1.74. The number of benzene rings is 1. The summed E-state index contributed by atoms with van der Waals surface area (Å²) in [5, 5.41) is 5.30. The third-order valence-corrected chi connectivity index (χ3v) is 2.92. The summed E-state index contributed by atoms with van der Waals surface area (Å²) in [6.45, 7) is 4.31. The van der Waals surface area contributed by atoms with Crippen molar-refractivity contribution in [3.8, 4) is 0 Å². The van der Waals surface area contributed by atoms with Gasteiger partial charge in [-0.2, -0.15) is 0 Å². The molecule has 1 atom stereocenters. The van der Waals surface area contributed by atoms with Crippen molar-refractivity contribution in [2.24, 2.45) is 5.84 Å². The molecule has 0 aliphatic heterocycles. The molecule has 0 saturated carbocycles. The third kappa shape index (κ3) is 5.05. The normalized spacial score (nSPS) is 11.6. The smallest absolute Gasteiger partial charge is 0.254 e. The van der Waals surface area contributed by atoms with Gasteiger partial charge in [-0.3, -0.25) is 15.4 Å². The zero-order chi connectivity index (χ0) is 15.8. The number of nitrogen functional groups attached to an aromatic ring is 1. The number of hydrogen-bond acceptors (Lipinski definition) is 5. The van der Waals surface area contributed by atoms with Crippen LogP contribution in [0.1, 0.15) is 22.8 Å².